The van der Waals surface area contributed by atoms with Gasteiger partial charge in [0.25, 0.3) is 11.5 Å². The van der Waals surface area contributed by atoms with Gasteiger partial charge in [0, 0.05) is 30.9 Å². The van der Waals surface area contributed by atoms with Crippen LogP contribution in [0.25, 0.3) is 0 Å². The van der Waals surface area contributed by atoms with Gasteiger partial charge in [-0.2, -0.15) is 0 Å². The number of carbonyl (C=O) groups is 1. The number of rotatable bonds is 5. The number of nitrogens with one attached hydrogen (secondary N) is 1. The van der Waals surface area contributed by atoms with Gasteiger partial charge in [0.2, 0.25) is 0 Å². The Labute approximate surface area is 128 Å². The van der Waals surface area contributed by atoms with Gasteiger partial charge in [-0.15, -0.1) is 13.2 Å². The maximum absolute atomic E-state index is 12.0. The molecule has 1 aromatic heterocycles. The number of aromatic nitrogens is 2. The highest BCUT2D eigenvalue weighted by atomic mass is 19.4. The van der Waals surface area contributed by atoms with Crippen LogP contribution in [0.15, 0.2) is 47.7 Å². The standard InChI is InChI=1S/C14H12F3N3O3/c15-14(16,17)23-11-3-1-10(2-4-11)13(22)19-7-8-20-9-18-6-5-12(20)21/h1-6,9H,7-8H2,(H,19,22). The first-order chi connectivity index (χ1) is 10.8. The van der Waals surface area contributed by atoms with Gasteiger partial charge in [-0.25, -0.2) is 4.98 Å². The summed E-state index contributed by atoms with van der Waals surface area (Å²) in [6.07, 6.45) is -2.07. The Balaban J connectivity index is 1.88. The second-order valence-electron chi connectivity index (χ2n) is 4.44. The molecule has 0 atom stereocenters. The Morgan fingerprint density at radius 2 is 1.91 bits per heavy atom. The Kier molecular flexibility index (Phi) is 4.99. The monoisotopic (exact) mass is 327 g/mol. The first kappa shape index (κ1) is 16.5. The molecule has 0 spiro atoms. The molecule has 0 bridgehead atoms. The van der Waals surface area contributed by atoms with Gasteiger partial charge in [-0.3, -0.25) is 14.2 Å². The first-order valence-corrected chi connectivity index (χ1v) is 6.49. The van der Waals surface area contributed by atoms with E-state index in [9.17, 15) is 22.8 Å². The van der Waals surface area contributed by atoms with Crippen molar-refractivity contribution in [1.29, 1.82) is 0 Å². The van der Waals surface area contributed by atoms with Gasteiger partial charge in [0.05, 0.1) is 6.33 Å². The van der Waals surface area contributed by atoms with Crippen molar-refractivity contribution >= 4 is 5.91 Å². The number of carbonyl (C=O) groups excluding carboxylic acids is 1. The molecular formula is C14H12F3N3O3. The number of amides is 1. The minimum Gasteiger partial charge on any atom is -0.406 e. The second-order valence-corrected chi connectivity index (χ2v) is 4.44. The van der Waals surface area contributed by atoms with E-state index in [2.05, 4.69) is 15.0 Å². The van der Waals surface area contributed by atoms with Gasteiger partial charge >= 0.3 is 6.36 Å². The van der Waals surface area contributed by atoms with Crippen LogP contribution in [0.4, 0.5) is 13.2 Å². The van der Waals surface area contributed by atoms with Crippen molar-refractivity contribution in [3.63, 3.8) is 0 Å². The van der Waals surface area contributed by atoms with Crippen molar-refractivity contribution in [2.45, 2.75) is 12.9 Å². The Morgan fingerprint density at radius 1 is 1.22 bits per heavy atom. The summed E-state index contributed by atoms with van der Waals surface area (Å²) >= 11 is 0. The first-order valence-electron chi connectivity index (χ1n) is 6.49. The van der Waals surface area contributed by atoms with Crippen molar-refractivity contribution in [2.24, 2.45) is 0 Å². The molecule has 0 aliphatic rings. The van der Waals surface area contributed by atoms with Gasteiger partial charge in [0.1, 0.15) is 5.75 Å². The lowest BCUT2D eigenvalue weighted by molar-refractivity contribution is -0.274. The van der Waals surface area contributed by atoms with Crippen LogP contribution >= 0.6 is 0 Å². The minimum absolute atomic E-state index is 0.172. The number of alkyl halides is 3. The van der Waals surface area contributed by atoms with Crippen LogP contribution in [0.3, 0.4) is 0 Å². The predicted molar refractivity (Wildman–Crippen MR) is 74.0 cm³/mol. The van der Waals surface area contributed by atoms with E-state index in [1.165, 1.54) is 35.3 Å². The van der Waals surface area contributed by atoms with E-state index in [1.807, 2.05) is 0 Å². The summed E-state index contributed by atoms with van der Waals surface area (Å²) in [6.45, 7) is 0.402. The average molecular weight is 327 g/mol. The van der Waals surface area contributed by atoms with E-state index in [0.717, 1.165) is 12.1 Å². The highest BCUT2D eigenvalue weighted by molar-refractivity contribution is 5.94. The highest BCUT2D eigenvalue weighted by Crippen LogP contribution is 2.22. The zero-order chi connectivity index (χ0) is 16.9. The van der Waals surface area contributed by atoms with Crippen LogP contribution in [0.2, 0.25) is 0 Å². The van der Waals surface area contributed by atoms with Crippen molar-refractivity contribution in [2.75, 3.05) is 6.54 Å². The third-order valence-corrected chi connectivity index (χ3v) is 2.78. The lowest BCUT2D eigenvalue weighted by Gasteiger charge is -2.10. The fourth-order valence-corrected chi connectivity index (χ4v) is 1.75. The summed E-state index contributed by atoms with van der Waals surface area (Å²) < 4.78 is 41.1. The van der Waals surface area contributed by atoms with Crippen LogP contribution in [0.5, 0.6) is 5.75 Å². The molecule has 0 saturated carbocycles. The van der Waals surface area contributed by atoms with Gasteiger partial charge < -0.3 is 10.1 Å². The van der Waals surface area contributed by atoms with E-state index in [1.54, 1.807) is 0 Å². The van der Waals surface area contributed by atoms with Crippen LogP contribution in [-0.4, -0.2) is 28.4 Å². The van der Waals surface area contributed by atoms with Crippen molar-refractivity contribution in [3.8, 4) is 5.75 Å². The second kappa shape index (κ2) is 6.95. The Morgan fingerprint density at radius 3 is 2.52 bits per heavy atom. The molecule has 1 heterocycles. The molecule has 2 aromatic rings. The number of nitrogens with zero attached hydrogens (tertiary/aromatic N) is 2. The van der Waals surface area contributed by atoms with E-state index < -0.39 is 18.0 Å². The summed E-state index contributed by atoms with van der Waals surface area (Å²) in [5.41, 5.74) is -0.0686. The molecule has 2 rings (SSSR count). The zero-order valence-corrected chi connectivity index (χ0v) is 11.7. The van der Waals surface area contributed by atoms with Crippen LogP contribution < -0.4 is 15.6 Å². The Hall–Kier alpha value is -2.84. The quantitative estimate of drug-likeness (QED) is 0.905. The number of hydrogen-bond acceptors (Lipinski definition) is 4. The van der Waals surface area contributed by atoms with Crippen LogP contribution in [0, 0.1) is 0 Å². The number of hydrogen-bond donors (Lipinski definition) is 1. The molecule has 0 radical (unpaired) electrons. The number of benzene rings is 1. The van der Waals surface area contributed by atoms with Crippen molar-refractivity contribution in [1.82, 2.24) is 14.9 Å². The number of halogens is 3. The lowest BCUT2D eigenvalue weighted by atomic mass is 10.2. The average Bonchev–Trinajstić information content (AvgIpc) is 2.48. The van der Waals surface area contributed by atoms with E-state index in [0.29, 0.717) is 0 Å². The SMILES string of the molecule is O=C(NCCn1cnccc1=O)c1ccc(OC(F)(F)F)cc1. The largest absolute Gasteiger partial charge is 0.573 e. The molecule has 1 aromatic carbocycles. The third kappa shape index (κ3) is 5.13. The fraction of sp³-hybridized carbons (Fsp3) is 0.214. The molecule has 0 aliphatic heterocycles. The number of ether oxygens (including phenoxy) is 1. The fourth-order valence-electron chi connectivity index (χ4n) is 1.75. The summed E-state index contributed by atoms with van der Waals surface area (Å²) in [5, 5.41) is 2.55. The molecule has 0 fully saturated rings. The van der Waals surface area contributed by atoms with Crippen LogP contribution in [0.1, 0.15) is 10.4 Å². The van der Waals surface area contributed by atoms with Crippen molar-refractivity contribution < 1.29 is 22.7 Å². The third-order valence-electron chi connectivity index (χ3n) is 2.78. The molecule has 1 N–H and O–H groups in total. The summed E-state index contributed by atoms with van der Waals surface area (Å²) in [6, 6.07) is 5.82. The van der Waals surface area contributed by atoms with E-state index >= 15 is 0 Å². The Bertz CT molecular complexity index is 726. The molecule has 0 unspecified atom stereocenters. The summed E-state index contributed by atoms with van der Waals surface area (Å²) in [4.78, 5) is 27.0. The van der Waals surface area contributed by atoms with Gasteiger partial charge in [0.15, 0.2) is 0 Å². The molecule has 9 heteroatoms. The highest BCUT2D eigenvalue weighted by Gasteiger charge is 2.31. The van der Waals surface area contributed by atoms with Crippen molar-refractivity contribution in [3.05, 3.63) is 58.8 Å². The lowest BCUT2D eigenvalue weighted by Crippen LogP contribution is -2.30. The minimum atomic E-state index is -4.78. The molecule has 122 valence electrons. The van der Waals surface area contributed by atoms with Gasteiger partial charge in [-0.1, -0.05) is 0 Å². The molecule has 0 saturated heterocycles. The van der Waals surface area contributed by atoms with Gasteiger partial charge in [-0.05, 0) is 24.3 Å². The summed E-state index contributed by atoms with van der Waals surface area (Å²) in [7, 11) is 0. The maximum Gasteiger partial charge on any atom is 0.573 e. The molecular weight excluding hydrogens is 315 g/mol. The van der Waals surface area contributed by atoms with E-state index in [-0.39, 0.29) is 24.2 Å². The smallest absolute Gasteiger partial charge is 0.406 e. The molecule has 6 nitrogen and oxygen atoms in total. The molecule has 0 aliphatic carbocycles. The summed E-state index contributed by atoms with van der Waals surface area (Å²) in [5.74, 6) is -0.878. The maximum atomic E-state index is 12.0. The molecule has 23 heavy (non-hydrogen) atoms. The normalized spacial score (nSPS) is 11.1. The topological polar surface area (TPSA) is 73.2 Å². The zero-order valence-electron chi connectivity index (χ0n) is 11.7. The molecule has 1 amide bonds. The van der Waals surface area contributed by atoms with E-state index in [4.69, 9.17) is 0 Å². The van der Waals surface area contributed by atoms with Crippen LogP contribution in [-0.2, 0) is 6.54 Å². The predicted octanol–water partition coefficient (Wildman–Crippen LogP) is 1.57.